The molecule has 16 heteroatoms. The minimum atomic E-state index is -5.83. The maximum atomic E-state index is 15.2. The molecule has 2 heterocycles. The lowest BCUT2D eigenvalue weighted by Gasteiger charge is -2.38. The number of ether oxygens (including phenoxy) is 4. The summed E-state index contributed by atoms with van der Waals surface area (Å²) in [6, 6.07) is 49.9. The van der Waals surface area contributed by atoms with Gasteiger partial charge in [-0.1, -0.05) is 156 Å². The average molecular weight is 1300 g/mol. The summed E-state index contributed by atoms with van der Waals surface area (Å²) in [6.07, 6.45) is 0.899. The van der Waals surface area contributed by atoms with E-state index in [0.717, 1.165) is 105 Å². The molecule has 2 aliphatic heterocycles. The fraction of sp³-hybridized carbons (Fsp3) is 0.250. The van der Waals surface area contributed by atoms with Crippen molar-refractivity contribution < 1.29 is 64.5 Å². The molecular weight excluding hydrogens is 1230 g/mol. The van der Waals surface area contributed by atoms with Crippen LogP contribution in [0.1, 0.15) is 134 Å². The molecule has 0 radical (unpaired) electrons. The Balaban J connectivity index is 0.680. The number of carbonyl (C=O) groups excluding carboxylic acids is 4. The van der Waals surface area contributed by atoms with E-state index in [1.54, 1.807) is 42.5 Å². The lowest BCUT2D eigenvalue weighted by Crippen LogP contribution is -2.54. The largest absolute Gasteiger partial charge is 0.457 e. The number of hydrogen-bond donors (Lipinski definition) is 0. The van der Waals surface area contributed by atoms with Crippen molar-refractivity contribution in [2.24, 2.45) is 0 Å². The van der Waals surface area contributed by atoms with E-state index in [-0.39, 0.29) is 51.3 Å². The monoisotopic (exact) mass is 1300 g/mol. The predicted octanol–water partition coefficient (Wildman–Crippen LogP) is 19.5. The Bertz CT molecular complexity index is 4440. The van der Waals surface area contributed by atoms with Crippen molar-refractivity contribution in [1.82, 2.24) is 4.90 Å². The van der Waals surface area contributed by atoms with Gasteiger partial charge in [0.2, 0.25) is 5.41 Å². The van der Waals surface area contributed by atoms with Gasteiger partial charge in [-0.2, -0.15) is 26.3 Å². The number of imide groups is 2. The number of alkyl halides is 6. The molecule has 0 bridgehead atoms. The Morgan fingerprint density at radius 2 is 0.906 bits per heavy atom. The maximum Gasteiger partial charge on any atom is 0.411 e. The van der Waals surface area contributed by atoms with E-state index in [4.69, 9.17) is 18.9 Å². The van der Waals surface area contributed by atoms with E-state index < -0.39 is 63.9 Å². The standard InChI is InChI=1S/C80H68F6N2O8/c1-7-75(5,8-2)49-19-31-55(32-20-49)93-56-37-25-52(26-38-56)78(79(81,82)83,80(84,85)86)53-27-39-57(40-28-53)94-60-41-29-54(30-42-60)87-71(89)65-45-43-61(47-67(65)72(87)90)95-58-33-21-50(22-34-58)77(69-17-13-11-15-63(69)64-16-12-14-18-70(64)77)51-23-35-59(36-24-51)96-62-44-46-66-68(48-62)74(92)88(73(66)91)76(6,9-3)10-4/h11-33,35-42,44-48,58,61H,7-10,34,43H2,1-6H3. The molecule has 1 saturated heterocycles. The van der Waals surface area contributed by atoms with Gasteiger partial charge in [0.25, 0.3) is 23.6 Å². The van der Waals surface area contributed by atoms with Crippen LogP contribution >= 0.6 is 0 Å². The first kappa shape index (κ1) is 64.6. The smallest absolute Gasteiger partial charge is 0.411 e. The summed E-state index contributed by atoms with van der Waals surface area (Å²) in [5.41, 5.74) is 0.808. The second-order valence-corrected chi connectivity index (χ2v) is 25.5. The first-order valence-electron chi connectivity index (χ1n) is 32.3. The Morgan fingerprint density at radius 3 is 1.40 bits per heavy atom. The highest BCUT2D eigenvalue weighted by molar-refractivity contribution is 6.37. The van der Waals surface area contributed by atoms with Crippen molar-refractivity contribution in [3.05, 3.63) is 280 Å². The van der Waals surface area contributed by atoms with Crippen LogP contribution in [0.4, 0.5) is 32.0 Å². The minimum absolute atomic E-state index is 0.0520. The van der Waals surface area contributed by atoms with Gasteiger partial charge in [0, 0.05) is 11.1 Å². The summed E-state index contributed by atoms with van der Waals surface area (Å²) >= 11 is 0. The summed E-state index contributed by atoms with van der Waals surface area (Å²) in [7, 11) is 0. The SMILES string of the molecule is CCC(C)(CC)c1ccc(Oc2ccc(C(c3ccc(Oc4ccc(N5C(=O)C6=CCC(OC7C=CC(C8(c9ccc(Oc%10ccc%11c(c%10)C(=O)N(C(C)(CC)CC)C%11=O)cc9)c9ccccc9-c9ccccc98)=CC7)C=C6C5=O)cc4)cc3)(C(F)(F)F)C(F)(F)F)cc2)cc1. The molecule has 4 amide bonds. The number of allylic oxidation sites excluding steroid dienone is 2. The number of benzene rings is 8. The fourth-order valence-electron chi connectivity index (χ4n) is 14.3. The van der Waals surface area contributed by atoms with Crippen molar-refractivity contribution in [2.75, 3.05) is 4.90 Å². The van der Waals surface area contributed by atoms with Crippen molar-refractivity contribution in [2.45, 2.75) is 126 Å². The van der Waals surface area contributed by atoms with Crippen LogP contribution in [0, 0.1) is 0 Å². The van der Waals surface area contributed by atoms with Crippen molar-refractivity contribution >= 4 is 29.3 Å². The fourth-order valence-corrected chi connectivity index (χ4v) is 14.3. The van der Waals surface area contributed by atoms with E-state index >= 15 is 26.3 Å². The molecule has 8 aromatic rings. The van der Waals surface area contributed by atoms with Gasteiger partial charge in [-0.25, -0.2) is 4.90 Å². The topological polar surface area (TPSA) is 112 Å². The van der Waals surface area contributed by atoms with Crippen molar-refractivity contribution in [1.29, 1.82) is 0 Å². The molecule has 13 rings (SSSR count). The van der Waals surface area contributed by atoms with Crippen LogP contribution in [-0.4, -0.2) is 58.6 Å². The van der Waals surface area contributed by atoms with Gasteiger partial charge in [0.05, 0.1) is 40.0 Å². The maximum absolute atomic E-state index is 15.2. The van der Waals surface area contributed by atoms with Crippen molar-refractivity contribution in [3.8, 4) is 45.6 Å². The van der Waals surface area contributed by atoms with Gasteiger partial charge in [-0.15, -0.1) is 0 Å². The number of nitrogens with zero attached hydrogens (tertiary/aromatic N) is 2. The second-order valence-electron chi connectivity index (χ2n) is 25.5. The van der Waals surface area contributed by atoms with Gasteiger partial charge >= 0.3 is 12.4 Å². The Kier molecular flexibility index (Phi) is 16.6. The summed E-state index contributed by atoms with van der Waals surface area (Å²) < 4.78 is 116. The summed E-state index contributed by atoms with van der Waals surface area (Å²) in [5, 5.41) is 0. The third-order valence-electron chi connectivity index (χ3n) is 20.4. The van der Waals surface area contributed by atoms with Crippen LogP contribution in [-0.2, 0) is 30.6 Å². The van der Waals surface area contributed by atoms with Crippen LogP contribution in [0.25, 0.3) is 11.1 Å². The molecule has 1 fully saturated rings. The second kappa shape index (κ2) is 24.6. The molecule has 5 aliphatic rings. The molecule has 10 nitrogen and oxygen atoms in total. The molecule has 96 heavy (non-hydrogen) atoms. The normalized spacial score (nSPS) is 17.6. The highest BCUT2D eigenvalue weighted by atomic mass is 19.4. The van der Waals surface area contributed by atoms with Crippen molar-refractivity contribution in [3.63, 3.8) is 0 Å². The van der Waals surface area contributed by atoms with Crippen LogP contribution in [0.15, 0.2) is 235 Å². The molecule has 8 aromatic carbocycles. The Hall–Kier alpha value is -10.1. The van der Waals surface area contributed by atoms with E-state index in [2.05, 4.69) is 69.3 Å². The molecule has 488 valence electrons. The quantitative estimate of drug-likeness (QED) is 0.0581. The number of rotatable bonds is 19. The zero-order valence-electron chi connectivity index (χ0n) is 53.6. The number of carbonyl (C=O) groups is 4. The highest BCUT2D eigenvalue weighted by Gasteiger charge is 2.72. The molecule has 0 spiro atoms. The lowest BCUT2D eigenvalue weighted by atomic mass is 9.66. The number of halogens is 6. The zero-order chi connectivity index (χ0) is 67.7. The molecule has 0 N–H and O–H groups in total. The Morgan fingerprint density at radius 1 is 0.458 bits per heavy atom. The number of hydrogen-bond acceptors (Lipinski definition) is 8. The summed E-state index contributed by atoms with van der Waals surface area (Å²) in [4.78, 5) is 57.7. The zero-order valence-corrected chi connectivity index (χ0v) is 53.6. The highest BCUT2D eigenvalue weighted by Crippen LogP contribution is 2.59. The lowest BCUT2D eigenvalue weighted by molar-refractivity contribution is -0.288. The molecule has 3 aliphatic carbocycles. The van der Waals surface area contributed by atoms with Gasteiger partial charge in [0.15, 0.2) is 0 Å². The molecule has 0 saturated carbocycles. The number of fused-ring (bicyclic) bond motifs is 5. The first-order valence-corrected chi connectivity index (χ1v) is 32.3. The Labute approximate surface area is 552 Å². The van der Waals surface area contributed by atoms with E-state index in [1.807, 2.05) is 75.4 Å². The molecule has 2 atom stereocenters. The minimum Gasteiger partial charge on any atom is -0.457 e. The third kappa shape index (κ3) is 10.7. The van der Waals surface area contributed by atoms with E-state index in [9.17, 15) is 19.2 Å². The van der Waals surface area contributed by atoms with Crippen LogP contribution in [0.2, 0.25) is 0 Å². The first-order chi connectivity index (χ1) is 46.0. The molecule has 2 unspecified atom stereocenters. The van der Waals surface area contributed by atoms with Gasteiger partial charge in [-0.05, 0) is 198 Å². The summed E-state index contributed by atoms with van der Waals surface area (Å²) in [5.74, 6) is -0.301. The van der Waals surface area contributed by atoms with Gasteiger partial charge in [0.1, 0.15) is 34.5 Å². The van der Waals surface area contributed by atoms with Crippen LogP contribution in [0.5, 0.6) is 34.5 Å². The van der Waals surface area contributed by atoms with Crippen LogP contribution in [0.3, 0.4) is 0 Å². The average Bonchev–Trinajstić information content (AvgIpc) is 1.34. The summed E-state index contributed by atoms with van der Waals surface area (Å²) in [6.45, 7) is 12.2. The van der Waals surface area contributed by atoms with E-state index in [1.165, 1.54) is 29.2 Å². The number of amides is 4. The van der Waals surface area contributed by atoms with Gasteiger partial charge in [-0.3, -0.25) is 24.1 Å². The van der Waals surface area contributed by atoms with Crippen LogP contribution < -0.4 is 19.1 Å². The predicted molar refractivity (Wildman–Crippen MR) is 355 cm³/mol. The number of anilines is 1. The van der Waals surface area contributed by atoms with Gasteiger partial charge < -0.3 is 18.9 Å². The van der Waals surface area contributed by atoms with E-state index in [0.29, 0.717) is 54.1 Å². The molecular formula is C80H68F6N2O8. The molecule has 0 aromatic heterocycles. The third-order valence-corrected chi connectivity index (χ3v) is 20.4.